The highest BCUT2D eigenvalue weighted by molar-refractivity contribution is 8.15. The third-order valence-corrected chi connectivity index (χ3v) is 5.15. The number of carbonyl (C=O) groups is 2. The second kappa shape index (κ2) is 7.88. The molecule has 1 fully saturated rings. The van der Waals surface area contributed by atoms with Gasteiger partial charge in [0.25, 0.3) is 0 Å². The van der Waals surface area contributed by atoms with E-state index in [2.05, 4.69) is 4.99 Å². The van der Waals surface area contributed by atoms with Gasteiger partial charge in [0.1, 0.15) is 11.1 Å². The van der Waals surface area contributed by atoms with E-state index in [0.717, 1.165) is 17.3 Å². The molecule has 1 saturated heterocycles. The second-order valence-corrected chi connectivity index (χ2v) is 7.23. The summed E-state index contributed by atoms with van der Waals surface area (Å²) in [5.41, 5.74) is 1.28. The van der Waals surface area contributed by atoms with E-state index in [9.17, 15) is 19.1 Å². The van der Waals surface area contributed by atoms with Crippen molar-refractivity contribution in [3.63, 3.8) is 0 Å². The molecule has 3 rings (SSSR count). The number of amidine groups is 1. The van der Waals surface area contributed by atoms with Crippen LogP contribution in [0.5, 0.6) is 0 Å². The summed E-state index contributed by atoms with van der Waals surface area (Å²) in [4.78, 5) is 29.7. The number of hydrogen-bond acceptors (Lipinski definition) is 4. The maximum atomic E-state index is 13.1. The van der Waals surface area contributed by atoms with E-state index in [1.54, 1.807) is 24.3 Å². The molecule has 2 aromatic rings. The van der Waals surface area contributed by atoms with E-state index in [4.69, 9.17) is 11.6 Å². The third-order valence-electron chi connectivity index (χ3n) is 3.72. The van der Waals surface area contributed by atoms with Gasteiger partial charge in [-0.25, -0.2) is 9.38 Å². The lowest BCUT2D eigenvalue weighted by atomic mass is 10.2. The van der Waals surface area contributed by atoms with Crippen LogP contribution in [-0.4, -0.2) is 32.3 Å². The Morgan fingerprint density at radius 2 is 1.88 bits per heavy atom. The summed E-state index contributed by atoms with van der Waals surface area (Å²) < 4.78 is 13.1. The van der Waals surface area contributed by atoms with E-state index in [0.29, 0.717) is 10.7 Å². The molecule has 134 valence electrons. The van der Waals surface area contributed by atoms with Crippen molar-refractivity contribution in [2.45, 2.75) is 18.2 Å². The molecule has 1 N–H and O–H groups in total. The van der Waals surface area contributed by atoms with Crippen LogP contribution in [0.3, 0.4) is 0 Å². The lowest BCUT2D eigenvalue weighted by molar-refractivity contribution is -0.139. The molecule has 1 aliphatic rings. The molecule has 1 aliphatic heterocycles. The van der Waals surface area contributed by atoms with Gasteiger partial charge in [0, 0.05) is 5.02 Å². The maximum absolute atomic E-state index is 13.1. The molecule has 0 spiro atoms. The Morgan fingerprint density at radius 1 is 1.23 bits per heavy atom. The van der Waals surface area contributed by atoms with Crippen molar-refractivity contribution in [3.05, 3.63) is 64.9 Å². The first-order valence-electron chi connectivity index (χ1n) is 7.71. The number of rotatable bonds is 4. The largest absolute Gasteiger partial charge is 0.480 e. The van der Waals surface area contributed by atoms with E-state index < -0.39 is 17.0 Å². The highest BCUT2D eigenvalue weighted by Crippen LogP contribution is 2.30. The molecule has 1 atom stereocenters. The van der Waals surface area contributed by atoms with Gasteiger partial charge in [-0.1, -0.05) is 35.5 Å². The van der Waals surface area contributed by atoms with Crippen LogP contribution in [0.25, 0.3) is 0 Å². The maximum Gasteiger partial charge on any atom is 0.317 e. The van der Waals surface area contributed by atoms with Crippen LogP contribution in [0.15, 0.2) is 53.5 Å². The van der Waals surface area contributed by atoms with E-state index in [-0.39, 0.29) is 24.0 Å². The predicted octanol–water partition coefficient (Wildman–Crippen LogP) is 4.09. The van der Waals surface area contributed by atoms with Gasteiger partial charge < -0.3 is 5.11 Å². The Kier molecular flexibility index (Phi) is 5.58. The molecule has 2 aromatic carbocycles. The number of nitrogens with zero attached hydrogens (tertiary/aromatic N) is 2. The zero-order chi connectivity index (χ0) is 18.7. The fraction of sp³-hybridized carbons (Fsp3) is 0.167. The van der Waals surface area contributed by atoms with Crippen molar-refractivity contribution >= 4 is 46.1 Å². The molecule has 1 unspecified atom stereocenters. The zero-order valence-corrected chi connectivity index (χ0v) is 15.0. The molecule has 8 heteroatoms. The van der Waals surface area contributed by atoms with Gasteiger partial charge in [0.05, 0.1) is 18.7 Å². The number of hydrogen-bond donors (Lipinski definition) is 1. The van der Waals surface area contributed by atoms with Crippen molar-refractivity contribution < 1.29 is 19.1 Å². The highest BCUT2D eigenvalue weighted by atomic mass is 35.5. The van der Waals surface area contributed by atoms with Crippen LogP contribution in [-0.2, 0) is 16.1 Å². The summed E-state index contributed by atoms with van der Waals surface area (Å²) >= 11 is 6.89. The lowest BCUT2D eigenvalue weighted by Crippen LogP contribution is -2.43. The average molecular weight is 393 g/mol. The Balaban J connectivity index is 1.92. The molecule has 0 saturated carbocycles. The number of thioether (sulfide) groups is 1. The summed E-state index contributed by atoms with van der Waals surface area (Å²) in [6, 6.07) is 12.5. The smallest absolute Gasteiger partial charge is 0.317 e. The molecule has 1 heterocycles. The number of carboxylic acids is 1. The highest BCUT2D eigenvalue weighted by Gasteiger charge is 2.35. The lowest BCUT2D eigenvalue weighted by Gasteiger charge is -2.30. The molecule has 0 radical (unpaired) electrons. The monoisotopic (exact) mass is 392 g/mol. The minimum atomic E-state index is -1.07. The number of carbonyl (C=O) groups excluding carboxylic acids is 1. The molecule has 0 bridgehead atoms. The van der Waals surface area contributed by atoms with Crippen molar-refractivity contribution in [1.82, 2.24) is 4.90 Å². The molecular weight excluding hydrogens is 379 g/mol. The van der Waals surface area contributed by atoms with E-state index >= 15 is 0 Å². The second-order valence-electron chi connectivity index (χ2n) is 5.63. The zero-order valence-electron chi connectivity index (χ0n) is 13.4. The summed E-state index contributed by atoms with van der Waals surface area (Å²) in [6.45, 7) is 0.245. The minimum Gasteiger partial charge on any atom is -0.480 e. The molecule has 26 heavy (non-hydrogen) atoms. The normalized spacial score (nSPS) is 19.0. The van der Waals surface area contributed by atoms with Gasteiger partial charge in [-0.05, 0) is 42.0 Å². The Labute approximate surface area is 158 Å². The predicted molar refractivity (Wildman–Crippen MR) is 99.1 cm³/mol. The van der Waals surface area contributed by atoms with Crippen molar-refractivity contribution in [3.8, 4) is 0 Å². The summed E-state index contributed by atoms with van der Waals surface area (Å²) in [5.74, 6) is -1.80. The van der Waals surface area contributed by atoms with Gasteiger partial charge in [-0.3, -0.25) is 14.5 Å². The van der Waals surface area contributed by atoms with E-state index in [1.165, 1.54) is 29.2 Å². The van der Waals surface area contributed by atoms with Gasteiger partial charge >= 0.3 is 5.97 Å². The Hall–Kier alpha value is -2.38. The van der Waals surface area contributed by atoms with Crippen LogP contribution < -0.4 is 0 Å². The Morgan fingerprint density at radius 3 is 2.50 bits per heavy atom. The minimum absolute atomic E-state index is 0.115. The van der Waals surface area contributed by atoms with Crippen molar-refractivity contribution in [2.24, 2.45) is 4.99 Å². The van der Waals surface area contributed by atoms with Gasteiger partial charge in [-0.15, -0.1) is 0 Å². The standard InChI is InChI=1S/C18H14ClFN2O3S/c19-12-3-1-11(2-4-12)10-22-16(23)9-15(17(24)25)26-18(22)21-14-7-5-13(20)6-8-14/h1-8,15H,9-10H2,(H,24,25). The topological polar surface area (TPSA) is 70.0 Å². The van der Waals surface area contributed by atoms with Gasteiger partial charge in [-0.2, -0.15) is 0 Å². The van der Waals surface area contributed by atoms with Crippen LogP contribution in [0.1, 0.15) is 12.0 Å². The fourth-order valence-electron chi connectivity index (χ4n) is 2.39. The average Bonchev–Trinajstić information content (AvgIpc) is 2.61. The first-order valence-corrected chi connectivity index (χ1v) is 8.96. The fourth-order valence-corrected chi connectivity index (χ4v) is 3.55. The summed E-state index contributed by atoms with van der Waals surface area (Å²) in [7, 11) is 0. The van der Waals surface area contributed by atoms with Gasteiger partial charge in [0.15, 0.2) is 5.17 Å². The van der Waals surface area contributed by atoms with Gasteiger partial charge in [0.2, 0.25) is 5.91 Å². The number of aliphatic carboxylic acids is 1. The number of amides is 1. The molecule has 0 aliphatic carbocycles. The van der Waals surface area contributed by atoms with Crippen LogP contribution >= 0.6 is 23.4 Å². The van der Waals surface area contributed by atoms with Crippen LogP contribution in [0, 0.1) is 5.82 Å². The number of benzene rings is 2. The summed E-state index contributed by atoms with van der Waals surface area (Å²) in [5, 5.41) is 9.23. The molecule has 1 amide bonds. The molecule has 5 nitrogen and oxygen atoms in total. The first kappa shape index (κ1) is 18.4. The van der Waals surface area contributed by atoms with Crippen LogP contribution in [0.2, 0.25) is 5.02 Å². The quantitative estimate of drug-likeness (QED) is 0.850. The number of aliphatic imine (C=N–C) groups is 1. The molecular formula is C18H14ClFN2O3S. The third kappa shape index (κ3) is 4.42. The van der Waals surface area contributed by atoms with E-state index in [1.807, 2.05) is 0 Å². The van der Waals surface area contributed by atoms with Crippen LogP contribution in [0.4, 0.5) is 10.1 Å². The first-order chi connectivity index (χ1) is 12.4. The summed E-state index contributed by atoms with van der Waals surface area (Å²) in [6.07, 6.45) is -0.115. The Bertz CT molecular complexity index is 856. The molecule has 0 aromatic heterocycles. The number of halogens is 2. The SMILES string of the molecule is O=C(O)C1CC(=O)N(Cc2ccc(Cl)cc2)C(=Nc2ccc(F)cc2)S1. The number of carboxylic acid groups (broad SMARTS) is 1. The van der Waals surface area contributed by atoms with Crippen molar-refractivity contribution in [1.29, 1.82) is 0 Å². The van der Waals surface area contributed by atoms with Crippen molar-refractivity contribution in [2.75, 3.05) is 0 Å².